The maximum Gasteiger partial charge on any atom is 0.0112 e. The number of nitrogens with zero attached hydrogens (tertiary/aromatic N) is 2. The SMILES string of the molecule is CCC1CCCN1CCN1CCNCC1. The summed E-state index contributed by atoms with van der Waals surface area (Å²) in [6.07, 6.45) is 4.18. The second-order valence-corrected chi connectivity index (χ2v) is 4.83. The van der Waals surface area contributed by atoms with Gasteiger partial charge in [-0.3, -0.25) is 9.80 Å². The van der Waals surface area contributed by atoms with Crippen LogP contribution in [0.2, 0.25) is 0 Å². The molecule has 1 unspecified atom stereocenters. The smallest absolute Gasteiger partial charge is 0.0112 e. The summed E-state index contributed by atoms with van der Waals surface area (Å²) in [7, 11) is 0. The number of hydrogen-bond acceptors (Lipinski definition) is 3. The molecule has 2 heterocycles. The van der Waals surface area contributed by atoms with E-state index in [0.717, 1.165) is 6.04 Å². The highest BCUT2D eigenvalue weighted by molar-refractivity contribution is 4.79. The number of rotatable bonds is 4. The Morgan fingerprint density at radius 3 is 2.67 bits per heavy atom. The molecule has 0 aromatic heterocycles. The van der Waals surface area contributed by atoms with Gasteiger partial charge in [0.2, 0.25) is 0 Å². The third-order valence-electron chi connectivity index (χ3n) is 3.88. The van der Waals surface area contributed by atoms with E-state index in [-0.39, 0.29) is 0 Å². The van der Waals surface area contributed by atoms with Crippen LogP contribution < -0.4 is 5.32 Å². The van der Waals surface area contributed by atoms with E-state index in [1.807, 2.05) is 0 Å². The number of piperazine rings is 1. The van der Waals surface area contributed by atoms with Crippen molar-refractivity contribution in [1.82, 2.24) is 15.1 Å². The summed E-state index contributed by atoms with van der Waals surface area (Å²) < 4.78 is 0. The van der Waals surface area contributed by atoms with Crippen molar-refractivity contribution in [2.45, 2.75) is 32.2 Å². The zero-order valence-electron chi connectivity index (χ0n) is 10.0. The van der Waals surface area contributed by atoms with E-state index in [9.17, 15) is 0 Å². The van der Waals surface area contributed by atoms with Crippen molar-refractivity contribution in [1.29, 1.82) is 0 Å². The van der Waals surface area contributed by atoms with Gasteiger partial charge < -0.3 is 5.32 Å². The summed E-state index contributed by atoms with van der Waals surface area (Å²) in [5.74, 6) is 0. The van der Waals surface area contributed by atoms with E-state index < -0.39 is 0 Å². The van der Waals surface area contributed by atoms with E-state index in [2.05, 4.69) is 22.0 Å². The van der Waals surface area contributed by atoms with Crippen LogP contribution in [0.4, 0.5) is 0 Å². The van der Waals surface area contributed by atoms with Crippen molar-refractivity contribution in [3.8, 4) is 0 Å². The maximum atomic E-state index is 3.41. The van der Waals surface area contributed by atoms with Crippen LogP contribution in [0.25, 0.3) is 0 Å². The summed E-state index contributed by atoms with van der Waals surface area (Å²) in [6.45, 7) is 11.1. The molecule has 0 bridgehead atoms. The molecular formula is C12H25N3. The summed E-state index contributed by atoms with van der Waals surface area (Å²) in [5.41, 5.74) is 0. The van der Waals surface area contributed by atoms with Crippen LogP contribution in [0.1, 0.15) is 26.2 Å². The van der Waals surface area contributed by atoms with Crippen LogP contribution in [0.5, 0.6) is 0 Å². The van der Waals surface area contributed by atoms with Gasteiger partial charge in [-0.2, -0.15) is 0 Å². The third-order valence-corrected chi connectivity index (χ3v) is 3.88. The van der Waals surface area contributed by atoms with Gasteiger partial charge in [-0.15, -0.1) is 0 Å². The molecule has 1 atom stereocenters. The van der Waals surface area contributed by atoms with Crippen molar-refractivity contribution in [3.63, 3.8) is 0 Å². The molecule has 15 heavy (non-hydrogen) atoms. The first kappa shape index (κ1) is 11.4. The molecule has 0 radical (unpaired) electrons. The largest absolute Gasteiger partial charge is 0.314 e. The molecule has 0 aromatic carbocycles. The van der Waals surface area contributed by atoms with E-state index in [1.165, 1.54) is 65.1 Å². The number of nitrogens with one attached hydrogen (secondary N) is 1. The molecule has 2 fully saturated rings. The molecule has 0 amide bonds. The second-order valence-electron chi connectivity index (χ2n) is 4.83. The highest BCUT2D eigenvalue weighted by Crippen LogP contribution is 2.19. The first-order chi connectivity index (χ1) is 7.40. The normalized spacial score (nSPS) is 29.8. The Morgan fingerprint density at radius 2 is 1.93 bits per heavy atom. The summed E-state index contributed by atoms with van der Waals surface area (Å²) in [6, 6.07) is 0.882. The Labute approximate surface area is 93.8 Å². The Hall–Kier alpha value is -0.120. The quantitative estimate of drug-likeness (QED) is 0.741. The lowest BCUT2D eigenvalue weighted by molar-refractivity contribution is 0.178. The molecule has 0 saturated carbocycles. The van der Waals surface area contributed by atoms with Crippen molar-refractivity contribution >= 4 is 0 Å². The van der Waals surface area contributed by atoms with Gasteiger partial charge in [0.05, 0.1) is 0 Å². The zero-order chi connectivity index (χ0) is 10.5. The van der Waals surface area contributed by atoms with Crippen LogP contribution >= 0.6 is 0 Å². The predicted octanol–water partition coefficient (Wildman–Crippen LogP) is 0.766. The fraction of sp³-hybridized carbons (Fsp3) is 1.00. The standard InChI is InChI=1S/C12H25N3/c1-2-12-4-3-7-15(12)11-10-14-8-5-13-6-9-14/h12-13H,2-11H2,1H3. The van der Waals surface area contributed by atoms with Crippen molar-refractivity contribution in [2.24, 2.45) is 0 Å². The lowest BCUT2D eigenvalue weighted by Gasteiger charge is -2.30. The average molecular weight is 211 g/mol. The van der Waals surface area contributed by atoms with Gasteiger partial charge in [0.1, 0.15) is 0 Å². The fourth-order valence-electron chi connectivity index (χ4n) is 2.86. The van der Waals surface area contributed by atoms with Crippen LogP contribution in [-0.4, -0.2) is 61.7 Å². The van der Waals surface area contributed by atoms with E-state index in [4.69, 9.17) is 0 Å². The van der Waals surface area contributed by atoms with Gasteiger partial charge in [0.15, 0.2) is 0 Å². The zero-order valence-corrected chi connectivity index (χ0v) is 10.0. The highest BCUT2D eigenvalue weighted by atomic mass is 15.2. The highest BCUT2D eigenvalue weighted by Gasteiger charge is 2.22. The molecule has 88 valence electrons. The molecule has 0 spiro atoms. The lowest BCUT2D eigenvalue weighted by Crippen LogP contribution is -2.46. The predicted molar refractivity (Wildman–Crippen MR) is 64.2 cm³/mol. The van der Waals surface area contributed by atoms with Crippen LogP contribution in [0.15, 0.2) is 0 Å². The molecule has 1 N–H and O–H groups in total. The Bertz CT molecular complexity index is 178. The van der Waals surface area contributed by atoms with Gasteiger partial charge in [0, 0.05) is 45.3 Å². The molecule has 2 saturated heterocycles. The minimum Gasteiger partial charge on any atom is -0.314 e. The Morgan fingerprint density at radius 1 is 1.13 bits per heavy atom. The molecule has 0 aliphatic carbocycles. The van der Waals surface area contributed by atoms with Gasteiger partial charge in [-0.1, -0.05) is 6.92 Å². The van der Waals surface area contributed by atoms with Crippen LogP contribution in [0, 0.1) is 0 Å². The van der Waals surface area contributed by atoms with Gasteiger partial charge in [0.25, 0.3) is 0 Å². The maximum absolute atomic E-state index is 3.41. The van der Waals surface area contributed by atoms with Crippen LogP contribution in [-0.2, 0) is 0 Å². The lowest BCUT2D eigenvalue weighted by atomic mass is 10.2. The Kier molecular flexibility index (Phi) is 4.42. The third kappa shape index (κ3) is 3.16. The molecule has 3 heteroatoms. The van der Waals surface area contributed by atoms with Crippen LogP contribution in [0.3, 0.4) is 0 Å². The number of hydrogen-bond donors (Lipinski definition) is 1. The molecule has 2 aliphatic heterocycles. The molecule has 3 nitrogen and oxygen atoms in total. The number of likely N-dealkylation sites (tertiary alicyclic amines) is 1. The molecule has 2 rings (SSSR count). The summed E-state index contributed by atoms with van der Waals surface area (Å²) in [5, 5.41) is 3.41. The van der Waals surface area contributed by atoms with Gasteiger partial charge >= 0.3 is 0 Å². The van der Waals surface area contributed by atoms with Crippen molar-refractivity contribution < 1.29 is 0 Å². The summed E-state index contributed by atoms with van der Waals surface area (Å²) in [4.78, 5) is 5.30. The first-order valence-corrected chi connectivity index (χ1v) is 6.57. The van der Waals surface area contributed by atoms with E-state index in [1.54, 1.807) is 0 Å². The molecule has 0 aromatic rings. The van der Waals surface area contributed by atoms with E-state index >= 15 is 0 Å². The fourth-order valence-corrected chi connectivity index (χ4v) is 2.86. The van der Waals surface area contributed by atoms with E-state index in [0.29, 0.717) is 0 Å². The minimum atomic E-state index is 0.882. The average Bonchev–Trinajstić information content (AvgIpc) is 2.75. The van der Waals surface area contributed by atoms with Gasteiger partial charge in [-0.05, 0) is 25.8 Å². The first-order valence-electron chi connectivity index (χ1n) is 6.57. The monoisotopic (exact) mass is 211 g/mol. The molecule has 2 aliphatic rings. The topological polar surface area (TPSA) is 18.5 Å². The van der Waals surface area contributed by atoms with Crippen molar-refractivity contribution in [2.75, 3.05) is 45.8 Å². The Balaban J connectivity index is 1.67. The van der Waals surface area contributed by atoms with Crippen molar-refractivity contribution in [3.05, 3.63) is 0 Å². The molecular weight excluding hydrogens is 186 g/mol. The summed E-state index contributed by atoms with van der Waals surface area (Å²) >= 11 is 0. The minimum absolute atomic E-state index is 0.882. The second kappa shape index (κ2) is 5.83. The van der Waals surface area contributed by atoms with Gasteiger partial charge in [-0.25, -0.2) is 0 Å².